The maximum Gasteiger partial charge on any atom is 1.00 e. The quantitative estimate of drug-likeness (QED) is 0.467. The molecule has 2 rings (SSSR count). The van der Waals surface area contributed by atoms with Gasteiger partial charge in [-0.15, -0.1) is 0 Å². The van der Waals surface area contributed by atoms with Gasteiger partial charge in [0.2, 0.25) is 0 Å². The number of carboxylic acid groups (broad SMARTS) is 1. The van der Waals surface area contributed by atoms with Crippen LogP contribution in [0.1, 0.15) is 19.4 Å². The first-order valence-corrected chi connectivity index (χ1v) is 8.77. The molecule has 0 spiro atoms. The third-order valence-electron chi connectivity index (χ3n) is 3.93. The molecule has 0 aromatic heterocycles. The van der Waals surface area contributed by atoms with Crippen LogP contribution in [0.25, 0.3) is 11.1 Å². The molecule has 2 atom stereocenters. The number of esters is 1. The standard InChI is InChI=1S/C20H22ClNO4.Na/c1-3-26-20(25)13(2)22-18(19(23)24)11-14-7-9-15(10-8-14)16-5-4-6-17(21)12-16;/h4-10,12-13,18,22H,3,11H2,1-2H3,(H,23,24);/q;+1/p-1/t13-,18-;/m0./s1. The molecule has 0 aliphatic carbocycles. The molecule has 0 aliphatic heterocycles. The van der Waals surface area contributed by atoms with E-state index in [9.17, 15) is 14.7 Å². The molecular formula is C20H21ClNNaO4. The maximum absolute atomic E-state index is 11.7. The number of carbonyl (C=O) groups excluding carboxylic acids is 2. The minimum absolute atomic E-state index is 0. The molecule has 5 nitrogen and oxygen atoms in total. The van der Waals surface area contributed by atoms with Gasteiger partial charge >= 0.3 is 35.5 Å². The van der Waals surface area contributed by atoms with E-state index >= 15 is 0 Å². The summed E-state index contributed by atoms with van der Waals surface area (Å²) in [5.74, 6) is -1.75. The summed E-state index contributed by atoms with van der Waals surface area (Å²) in [4.78, 5) is 23.1. The van der Waals surface area contributed by atoms with E-state index in [1.54, 1.807) is 19.9 Å². The maximum atomic E-state index is 11.7. The number of rotatable bonds is 8. The van der Waals surface area contributed by atoms with Crippen molar-refractivity contribution < 1.29 is 49.0 Å². The summed E-state index contributed by atoms with van der Waals surface area (Å²) >= 11 is 6.01. The molecule has 0 bridgehead atoms. The first-order valence-electron chi connectivity index (χ1n) is 8.39. The number of halogens is 1. The van der Waals surface area contributed by atoms with Gasteiger partial charge in [-0.25, -0.2) is 0 Å². The zero-order chi connectivity index (χ0) is 19.1. The molecular weight excluding hydrogens is 377 g/mol. The van der Waals surface area contributed by atoms with Gasteiger partial charge in [0.15, 0.2) is 0 Å². The van der Waals surface area contributed by atoms with Crippen LogP contribution >= 0.6 is 11.6 Å². The fourth-order valence-electron chi connectivity index (χ4n) is 2.58. The minimum atomic E-state index is -1.26. The molecule has 7 heteroatoms. The molecule has 0 fully saturated rings. The Kier molecular flexibility index (Phi) is 10.1. The van der Waals surface area contributed by atoms with Crippen molar-refractivity contribution in [1.29, 1.82) is 0 Å². The van der Waals surface area contributed by atoms with E-state index in [0.29, 0.717) is 5.02 Å². The van der Waals surface area contributed by atoms with Gasteiger partial charge in [-0.2, -0.15) is 0 Å². The second-order valence-corrected chi connectivity index (χ2v) is 6.36. The predicted octanol–water partition coefficient (Wildman–Crippen LogP) is -0.787. The zero-order valence-electron chi connectivity index (χ0n) is 15.7. The number of nitrogens with one attached hydrogen (secondary N) is 1. The van der Waals surface area contributed by atoms with Crippen LogP contribution in [0.3, 0.4) is 0 Å². The average Bonchev–Trinajstić information content (AvgIpc) is 2.61. The van der Waals surface area contributed by atoms with Gasteiger partial charge in [0.05, 0.1) is 18.6 Å². The number of aliphatic carboxylic acids is 1. The molecule has 2 aromatic carbocycles. The Morgan fingerprint density at radius 2 is 1.81 bits per heavy atom. The first-order chi connectivity index (χ1) is 12.4. The SMILES string of the molecule is CCOC(=O)[C@H](C)N[C@@H](Cc1ccc(-c2cccc(Cl)c2)cc1)C(=O)[O-].[Na+]. The van der Waals surface area contributed by atoms with Gasteiger partial charge in [-0.3, -0.25) is 10.1 Å². The van der Waals surface area contributed by atoms with E-state index in [0.717, 1.165) is 16.7 Å². The number of carbonyl (C=O) groups is 2. The van der Waals surface area contributed by atoms with E-state index in [4.69, 9.17) is 16.3 Å². The van der Waals surface area contributed by atoms with Crippen LogP contribution in [0.5, 0.6) is 0 Å². The molecule has 0 radical (unpaired) electrons. The summed E-state index contributed by atoms with van der Waals surface area (Å²) in [6.07, 6.45) is 0.196. The van der Waals surface area contributed by atoms with Gasteiger partial charge in [0, 0.05) is 5.02 Å². The van der Waals surface area contributed by atoms with Gasteiger partial charge in [0.25, 0.3) is 0 Å². The van der Waals surface area contributed by atoms with Gasteiger partial charge in [0.1, 0.15) is 6.04 Å². The summed E-state index contributed by atoms with van der Waals surface area (Å²) in [7, 11) is 0. The Morgan fingerprint density at radius 3 is 2.37 bits per heavy atom. The van der Waals surface area contributed by atoms with Gasteiger partial charge in [-0.1, -0.05) is 48.0 Å². The smallest absolute Gasteiger partial charge is 0.548 e. The van der Waals surface area contributed by atoms with Crippen LogP contribution in [0.4, 0.5) is 0 Å². The number of carboxylic acids is 1. The summed E-state index contributed by atoms with van der Waals surface area (Å²) in [5, 5.41) is 14.8. The summed E-state index contributed by atoms with van der Waals surface area (Å²) in [6, 6.07) is 13.3. The fraction of sp³-hybridized carbons (Fsp3) is 0.300. The van der Waals surface area contributed by atoms with Crippen LogP contribution < -0.4 is 40.0 Å². The van der Waals surface area contributed by atoms with Crippen molar-refractivity contribution in [3.8, 4) is 11.1 Å². The number of hydrogen-bond acceptors (Lipinski definition) is 5. The van der Waals surface area contributed by atoms with E-state index in [1.165, 1.54) is 0 Å². The Hall–Kier alpha value is -1.37. The van der Waals surface area contributed by atoms with Crippen molar-refractivity contribution >= 4 is 23.5 Å². The van der Waals surface area contributed by atoms with E-state index in [1.807, 2.05) is 42.5 Å². The van der Waals surface area contributed by atoms with E-state index < -0.39 is 24.0 Å². The summed E-state index contributed by atoms with van der Waals surface area (Å²) in [6.45, 7) is 3.50. The number of ether oxygens (including phenoxy) is 1. The molecule has 0 heterocycles. The van der Waals surface area contributed by atoms with Crippen molar-refractivity contribution in [2.75, 3.05) is 6.61 Å². The molecule has 0 saturated heterocycles. The van der Waals surface area contributed by atoms with Crippen LogP contribution in [-0.2, 0) is 20.7 Å². The average molecular weight is 398 g/mol. The second-order valence-electron chi connectivity index (χ2n) is 5.92. The van der Waals surface area contributed by atoms with E-state index in [2.05, 4.69) is 5.32 Å². The molecule has 138 valence electrons. The first kappa shape index (κ1) is 23.7. The van der Waals surface area contributed by atoms with Gasteiger partial charge < -0.3 is 14.6 Å². The minimum Gasteiger partial charge on any atom is -0.548 e. The molecule has 27 heavy (non-hydrogen) atoms. The monoisotopic (exact) mass is 397 g/mol. The molecule has 2 aromatic rings. The van der Waals surface area contributed by atoms with Crippen molar-refractivity contribution in [3.05, 3.63) is 59.1 Å². The normalized spacial score (nSPS) is 12.6. The van der Waals surface area contributed by atoms with Crippen molar-refractivity contribution in [2.24, 2.45) is 0 Å². The Bertz CT molecular complexity index is 767. The third kappa shape index (κ3) is 7.28. The van der Waals surface area contributed by atoms with Crippen LogP contribution in [0, 0.1) is 0 Å². The third-order valence-corrected chi connectivity index (χ3v) is 4.16. The Balaban J connectivity index is 0.00000364. The Morgan fingerprint density at radius 1 is 1.15 bits per heavy atom. The Labute approximate surface area is 186 Å². The van der Waals surface area contributed by atoms with E-state index in [-0.39, 0.29) is 42.6 Å². The topological polar surface area (TPSA) is 78.5 Å². The molecule has 1 N–H and O–H groups in total. The summed E-state index contributed by atoms with van der Waals surface area (Å²) in [5.41, 5.74) is 2.78. The molecule has 0 saturated carbocycles. The van der Waals surface area contributed by atoms with Crippen molar-refractivity contribution in [1.82, 2.24) is 5.32 Å². The van der Waals surface area contributed by atoms with Crippen molar-refractivity contribution in [3.63, 3.8) is 0 Å². The largest absolute Gasteiger partial charge is 1.00 e. The van der Waals surface area contributed by atoms with Crippen LogP contribution in [-0.4, -0.2) is 30.6 Å². The zero-order valence-corrected chi connectivity index (χ0v) is 18.5. The van der Waals surface area contributed by atoms with Crippen LogP contribution in [0.2, 0.25) is 5.02 Å². The number of benzene rings is 2. The molecule has 0 unspecified atom stereocenters. The molecule has 0 aliphatic rings. The van der Waals surface area contributed by atoms with Gasteiger partial charge in [-0.05, 0) is 49.1 Å². The predicted molar refractivity (Wildman–Crippen MR) is 98.6 cm³/mol. The van der Waals surface area contributed by atoms with Crippen molar-refractivity contribution in [2.45, 2.75) is 32.4 Å². The fourth-order valence-corrected chi connectivity index (χ4v) is 2.77. The second kappa shape index (κ2) is 11.5. The van der Waals surface area contributed by atoms with Crippen LogP contribution in [0.15, 0.2) is 48.5 Å². The number of hydrogen-bond donors (Lipinski definition) is 1. The summed E-state index contributed by atoms with van der Waals surface area (Å²) < 4.78 is 4.88. The molecule has 0 amide bonds.